The highest BCUT2D eigenvalue weighted by molar-refractivity contribution is 7.90. The maximum Gasteiger partial charge on any atom is 0.317 e. The van der Waals surface area contributed by atoms with Crippen LogP contribution in [-0.2, 0) is 21.4 Å². The van der Waals surface area contributed by atoms with E-state index < -0.39 is 15.3 Å². The quantitative estimate of drug-likeness (QED) is 0.795. The fourth-order valence-electron chi connectivity index (χ4n) is 3.83. The molecule has 9 heteroatoms. The number of likely N-dealkylation sites (tertiary alicyclic amines) is 1. The van der Waals surface area contributed by atoms with Gasteiger partial charge in [-0.2, -0.15) is 4.31 Å². The number of nitrogens with one attached hydrogen (secondary N) is 1. The Hall–Kier alpha value is -2.13. The zero-order valence-electron chi connectivity index (χ0n) is 16.4. The number of benzene rings is 1. The molecule has 28 heavy (non-hydrogen) atoms. The van der Waals surface area contributed by atoms with Crippen LogP contribution in [0.25, 0.3) is 0 Å². The third-order valence-electron chi connectivity index (χ3n) is 5.54. The monoisotopic (exact) mass is 408 g/mol. The van der Waals surface area contributed by atoms with Gasteiger partial charge in [0.2, 0.25) is 15.9 Å². The molecule has 0 aliphatic carbocycles. The molecule has 2 aliphatic heterocycles. The van der Waals surface area contributed by atoms with Gasteiger partial charge in [-0.05, 0) is 24.3 Å². The van der Waals surface area contributed by atoms with E-state index >= 15 is 0 Å². The molecule has 0 unspecified atom stereocenters. The number of rotatable bonds is 4. The van der Waals surface area contributed by atoms with Crippen LogP contribution in [0.5, 0.6) is 0 Å². The van der Waals surface area contributed by atoms with Gasteiger partial charge >= 0.3 is 6.03 Å². The Morgan fingerprint density at radius 3 is 2.50 bits per heavy atom. The van der Waals surface area contributed by atoms with Gasteiger partial charge < -0.3 is 15.1 Å². The van der Waals surface area contributed by atoms with Crippen molar-refractivity contribution in [3.8, 4) is 0 Å². The minimum atomic E-state index is -3.52. The Labute approximate surface area is 166 Å². The second kappa shape index (κ2) is 8.48. The molecule has 2 atom stereocenters. The summed E-state index contributed by atoms with van der Waals surface area (Å²) in [7, 11) is -0.277. The van der Waals surface area contributed by atoms with Crippen LogP contribution in [0.3, 0.4) is 0 Å². The molecule has 1 N–H and O–H groups in total. The normalized spacial score (nSPS) is 24.3. The Bertz CT molecular complexity index is 812. The Morgan fingerprint density at radius 1 is 1.14 bits per heavy atom. The molecule has 1 aromatic rings. The third kappa shape index (κ3) is 4.47. The van der Waals surface area contributed by atoms with Gasteiger partial charge in [0.25, 0.3) is 0 Å². The molecular weight excluding hydrogens is 380 g/mol. The molecule has 3 amide bonds. The van der Waals surface area contributed by atoms with E-state index in [1.54, 1.807) is 19.0 Å². The lowest BCUT2D eigenvalue weighted by molar-refractivity contribution is -0.128. The van der Waals surface area contributed by atoms with Crippen molar-refractivity contribution in [1.82, 2.24) is 19.4 Å². The lowest BCUT2D eigenvalue weighted by Gasteiger charge is -2.23. The van der Waals surface area contributed by atoms with Crippen molar-refractivity contribution in [2.24, 2.45) is 5.92 Å². The SMILES string of the molecule is CN(C)C(=O)CN1C[C@H]2CCN(C(=O)NCc3ccccc3)CC[C@H]2S1(=O)=O. The standard InChI is InChI=1S/C19H28N4O4S/c1-21(2)18(24)14-23-13-16-8-10-22(11-9-17(16)28(23,26)27)19(25)20-12-15-6-4-3-5-7-15/h3-7,16-17H,8-14H2,1-2H3,(H,20,25)/t16-,17-/m1/s1. The smallest absolute Gasteiger partial charge is 0.317 e. The fourth-order valence-corrected chi connectivity index (χ4v) is 6.02. The molecule has 8 nitrogen and oxygen atoms in total. The lowest BCUT2D eigenvalue weighted by Crippen LogP contribution is -2.42. The first-order chi connectivity index (χ1) is 13.3. The van der Waals surface area contributed by atoms with Gasteiger partial charge in [0, 0.05) is 40.3 Å². The number of amides is 3. The first kappa shape index (κ1) is 20.6. The molecule has 154 valence electrons. The van der Waals surface area contributed by atoms with E-state index in [1.165, 1.54) is 9.21 Å². The number of sulfonamides is 1. The summed E-state index contributed by atoms with van der Waals surface area (Å²) in [5, 5.41) is 2.39. The minimum absolute atomic E-state index is 0.0492. The van der Waals surface area contributed by atoms with Gasteiger partial charge in [-0.25, -0.2) is 13.2 Å². The van der Waals surface area contributed by atoms with Crippen molar-refractivity contribution in [2.75, 3.05) is 40.3 Å². The molecule has 2 heterocycles. The zero-order chi connectivity index (χ0) is 20.3. The Balaban J connectivity index is 1.58. The third-order valence-corrected chi connectivity index (χ3v) is 7.93. The molecule has 0 aromatic heterocycles. The minimum Gasteiger partial charge on any atom is -0.348 e. The number of carbonyl (C=O) groups excluding carboxylic acids is 2. The summed E-state index contributed by atoms with van der Waals surface area (Å²) >= 11 is 0. The number of hydrogen-bond acceptors (Lipinski definition) is 4. The number of likely N-dealkylation sites (N-methyl/N-ethyl adjacent to an activating group) is 1. The topological polar surface area (TPSA) is 90.0 Å². The maximum absolute atomic E-state index is 12.9. The molecule has 1 aromatic carbocycles. The number of hydrogen-bond donors (Lipinski definition) is 1. The van der Waals surface area contributed by atoms with Crippen LogP contribution < -0.4 is 5.32 Å². The zero-order valence-corrected chi connectivity index (χ0v) is 17.2. The number of nitrogens with zero attached hydrogens (tertiary/aromatic N) is 3. The summed E-state index contributed by atoms with van der Waals surface area (Å²) in [6, 6.07) is 9.50. The summed E-state index contributed by atoms with van der Waals surface area (Å²) < 4.78 is 27.0. The van der Waals surface area contributed by atoms with E-state index in [-0.39, 0.29) is 24.4 Å². The summed E-state index contributed by atoms with van der Waals surface area (Å²) in [6.07, 6.45) is 1.02. The fraction of sp³-hybridized carbons (Fsp3) is 0.579. The van der Waals surface area contributed by atoms with Crippen LogP contribution >= 0.6 is 0 Å². The average Bonchev–Trinajstić information content (AvgIpc) is 2.81. The predicted octanol–water partition coefficient (Wildman–Crippen LogP) is 0.710. The van der Waals surface area contributed by atoms with Crippen LogP contribution in [0.4, 0.5) is 4.79 Å². The molecule has 2 saturated heterocycles. The van der Waals surface area contributed by atoms with Crippen LogP contribution in [0.1, 0.15) is 18.4 Å². The Morgan fingerprint density at radius 2 is 1.82 bits per heavy atom. The first-order valence-electron chi connectivity index (χ1n) is 9.55. The van der Waals surface area contributed by atoms with Gasteiger partial charge in [0.1, 0.15) is 0 Å². The molecule has 2 fully saturated rings. The largest absolute Gasteiger partial charge is 0.348 e. The van der Waals surface area contributed by atoms with E-state index in [1.807, 2.05) is 30.3 Å². The van der Waals surface area contributed by atoms with Gasteiger partial charge in [0.15, 0.2) is 0 Å². The molecule has 0 saturated carbocycles. The highest BCUT2D eigenvalue weighted by atomic mass is 32.2. The highest BCUT2D eigenvalue weighted by Crippen LogP contribution is 2.34. The second-order valence-corrected chi connectivity index (χ2v) is 9.78. The first-order valence-corrected chi connectivity index (χ1v) is 11.0. The molecular formula is C19H28N4O4S. The second-order valence-electron chi connectivity index (χ2n) is 7.63. The van der Waals surface area contributed by atoms with Crippen LogP contribution in [0, 0.1) is 5.92 Å². The van der Waals surface area contributed by atoms with Gasteiger partial charge in [-0.15, -0.1) is 0 Å². The van der Waals surface area contributed by atoms with Crippen molar-refractivity contribution in [1.29, 1.82) is 0 Å². The maximum atomic E-state index is 12.9. The van der Waals surface area contributed by atoms with Gasteiger partial charge in [-0.3, -0.25) is 4.79 Å². The molecule has 0 radical (unpaired) electrons. The summed E-state index contributed by atoms with van der Waals surface area (Å²) in [6.45, 7) is 1.61. The van der Waals surface area contributed by atoms with Crippen molar-refractivity contribution in [3.05, 3.63) is 35.9 Å². The van der Waals surface area contributed by atoms with E-state index in [0.29, 0.717) is 39.0 Å². The van der Waals surface area contributed by atoms with Crippen molar-refractivity contribution < 1.29 is 18.0 Å². The van der Waals surface area contributed by atoms with Crippen LogP contribution in [0.2, 0.25) is 0 Å². The summed E-state index contributed by atoms with van der Waals surface area (Å²) in [5.74, 6) is -0.270. The lowest BCUT2D eigenvalue weighted by atomic mass is 10.0. The molecule has 2 aliphatic rings. The predicted molar refractivity (Wildman–Crippen MR) is 106 cm³/mol. The average molecular weight is 409 g/mol. The van der Waals surface area contributed by atoms with E-state index in [0.717, 1.165) is 5.56 Å². The highest BCUT2D eigenvalue weighted by Gasteiger charge is 2.47. The van der Waals surface area contributed by atoms with E-state index in [4.69, 9.17) is 0 Å². The van der Waals surface area contributed by atoms with Crippen molar-refractivity contribution in [2.45, 2.75) is 24.6 Å². The number of urea groups is 1. The van der Waals surface area contributed by atoms with Crippen LogP contribution in [-0.4, -0.2) is 80.0 Å². The van der Waals surface area contributed by atoms with Crippen LogP contribution in [0.15, 0.2) is 30.3 Å². The van der Waals surface area contributed by atoms with E-state index in [9.17, 15) is 18.0 Å². The summed E-state index contributed by atoms with van der Waals surface area (Å²) in [4.78, 5) is 27.5. The Kier molecular flexibility index (Phi) is 6.24. The van der Waals surface area contributed by atoms with Crippen molar-refractivity contribution in [3.63, 3.8) is 0 Å². The molecule has 3 rings (SSSR count). The number of fused-ring (bicyclic) bond motifs is 1. The van der Waals surface area contributed by atoms with E-state index in [2.05, 4.69) is 5.32 Å². The van der Waals surface area contributed by atoms with Crippen molar-refractivity contribution >= 4 is 22.0 Å². The van der Waals surface area contributed by atoms with Gasteiger partial charge in [0.05, 0.1) is 11.8 Å². The molecule has 0 bridgehead atoms. The molecule has 0 spiro atoms. The van der Waals surface area contributed by atoms with Gasteiger partial charge in [-0.1, -0.05) is 30.3 Å². The number of carbonyl (C=O) groups is 2. The summed E-state index contributed by atoms with van der Waals surface area (Å²) in [5.41, 5.74) is 1.02.